The molecule has 0 saturated carbocycles. The number of carbonyl (C=O) groups excluding carboxylic acids is 2. The molecule has 0 aliphatic carbocycles. The van der Waals surface area contributed by atoms with Gasteiger partial charge in [-0.05, 0) is 19.1 Å². The third-order valence-corrected chi connectivity index (χ3v) is 2.49. The van der Waals surface area contributed by atoms with Gasteiger partial charge in [-0.15, -0.1) is 0 Å². The molecule has 1 rings (SSSR count). The number of aryl methyl sites for hydroxylation is 1. The summed E-state index contributed by atoms with van der Waals surface area (Å²) in [5, 5.41) is 0. The SMILES string of the molecule is CC.CC.COC(=O)CN(CC(=O)OC)c1ccc(C)cc1. The van der Waals surface area contributed by atoms with Gasteiger partial charge < -0.3 is 14.4 Å². The average molecular weight is 311 g/mol. The smallest absolute Gasteiger partial charge is 0.325 e. The number of nitrogens with zero attached hydrogens (tertiary/aromatic N) is 1. The van der Waals surface area contributed by atoms with Crippen molar-refractivity contribution >= 4 is 17.6 Å². The molecule has 1 aromatic carbocycles. The van der Waals surface area contributed by atoms with Gasteiger partial charge in [0.15, 0.2) is 0 Å². The third-order valence-electron chi connectivity index (χ3n) is 2.49. The molecular weight excluding hydrogens is 282 g/mol. The summed E-state index contributed by atoms with van der Waals surface area (Å²) in [5.41, 5.74) is 1.88. The Morgan fingerprint density at radius 2 is 1.23 bits per heavy atom. The topological polar surface area (TPSA) is 55.8 Å². The average Bonchev–Trinajstić information content (AvgIpc) is 2.58. The van der Waals surface area contributed by atoms with Crippen LogP contribution in [0.15, 0.2) is 24.3 Å². The van der Waals surface area contributed by atoms with Crippen LogP contribution in [0.1, 0.15) is 33.3 Å². The third kappa shape index (κ3) is 9.00. The minimum atomic E-state index is -0.403. The lowest BCUT2D eigenvalue weighted by molar-refractivity contribution is -0.140. The molecule has 0 bridgehead atoms. The van der Waals surface area contributed by atoms with Crippen LogP contribution < -0.4 is 4.90 Å². The Morgan fingerprint density at radius 1 is 0.864 bits per heavy atom. The fraction of sp³-hybridized carbons (Fsp3) is 0.529. The maximum atomic E-state index is 11.3. The predicted molar refractivity (Wildman–Crippen MR) is 90.1 cm³/mol. The minimum Gasteiger partial charge on any atom is -0.468 e. The van der Waals surface area contributed by atoms with E-state index in [0.29, 0.717) is 0 Å². The highest BCUT2D eigenvalue weighted by molar-refractivity contribution is 5.81. The van der Waals surface area contributed by atoms with Crippen molar-refractivity contribution in [1.82, 2.24) is 0 Å². The molecular formula is C17H29NO4. The summed E-state index contributed by atoms with van der Waals surface area (Å²) in [6.45, 7) is 9.98. The van der Waals surface area contributed by atoms with E-state index in [2.05, 4.69) is 9.47 Å². The van der Waals surface area contributed by atoms with E-state index in [1.165, 1.54) is 14.2 Å². The van der Waals surface area contributed by atoms with Crippen LogP contribution >= 0.6 is 0 Å². The molecule has 1 aromatic rings. The van der Waals surface area contributed by atoms with E-state index in [1.54, 1.807) is 4.90 Å². The van der Waals surface area contributed by atoms with Crippen LogP contribution in [0.2, 0.25) is 0 Å². The van der Waals surface area contributed by atoms with E-state index < -0.39 is 11.9 Å². The Balaban J connectivity index is 0. The first-order chi connectivity index (χ1) is 10.6. The predicted octanol–water partition coefficient (Wildman–Crippen LogP) is 3.20. The van der Waals surface area contributed by atoms with Gasteiger partial charge in [0.2, 0.25) is 0 Å². The van der Waals surface area contributed by atoms with Crippen LogP contribution in [-0.2, 0) is 19.1 Å². The highest BCUT2D eigenvalue weighted by atomic mass is 16.5. The number of benzene rings is 1. The Hall–Kier alpha value is -2.04. The molecule has 5 nitrogen and oxygen atoms in total. The highest BCUT2D eigenvalue weighted by Crippen LogP contribution is 2.15. The van der Waals surface area contributed by atoms with E-state index in [4.69, 9.17) is 0 Å². The number of hydrogen-bond acceptors (Lipinski definition) is 5. The number of ether oxygens (including phenoxy) is 2. The first kappa shape index (κ1) is 22.2. The normalized spacial score (nSPS) is 8.50. The van der Waals surface area contributed by atoms with Crippen molar-refractivity contribution in [2.24, 2.45) is 0 Å². The van der Waals surface area contributed by atoms with Gasteiger partial charge in [-0.2, -0.15) is 0 Å². The van der Waals surface area contributed by atoms with Gasteiger partial charge in [0, 0.05) is 5.69 Å². The van der Waals surface area contributed by atoms with Crippen molar-refractivity contribution in [3.05, 3.63) is 29.8 Å². The quantitative estimate of drug-likeness (QED) is 0.782. The van der Waals surface area contributed by atoms with E-state index >= 15 is 0 Å². The summed E-state index contributed by atoms with van der Waals surface area (Å²) in [4.78, 5) is 24.2. The van der Waals surface area contributed by atoms with Gasteiger partial charge in [0.05, 0.1) is 14.2 Å². The Bertz CT molecular complexity index is 397. The first-order valence-corrected chi connectivity index (χ1v) is 7.52. The number of carbonyl (C=O) groups is 2. The fourth-order valence-corrected chi connectivity index (χ4v) is 1.43. The molecule has 0 unspecified atom stereocenters. The van der Waals surface area contributed by atoms with Gasteiger partial charge in [0.1, 0.15) is 13.1 Å². The highest BCUT2D eigenvalue weighted by Gasteiger charge is 2.15. The first-order valence-electron chi connectivity index (χ1n) is 7.52. The molecule has 0 aliphatic heterocycles. The number of hydrogen-bond donors (Lipinski definition) is 0. The lowest BCUT2D eigenvalue weighted by Gasteiger charge is -2.22. The van der Waals surface area contributed by atoms with Crippen molar-refractivity contribution in [1.29, 1.82) is 0 Å². The molecule has 0 heterocycles. The van der Waals surface area contributed by atoms with Crippen LogP contribution in [-0.4, -0.2) is 39.2 Å². The van der Waals surface area contributed by atoms with Crippen LogP contribution in [0.5, 0.6) is 0 Å². The van der Waals surface area contributed by atoms with Crippen molar-refractivity contribution in [3.63, 3.8) is 0 Å². The van der Waals surface area contributed by atoms with Crippen molar-refractivity contribution in [2.75, 3.05) is 32.2 Å². The molecule has 0 aromatic heterocycles. The van der Waals surface area contributed by atoms with Gasteiger partial charge >= 0.3 is 11.9 Å². The summed E-state index contributed by atoms with van der Waals surface area (Å²) in [7, 11) is 2.63. The number of rotatable bonds is 5. The van der Waals surface area contributed by atoms with Crippen molar-refractivity contribution < 1.29 is 19.1 Å². The zero-order valence-corrected chi connectivity index (χ0v) is 14.8. The number of methoxy groups -OCH3 is 2. The summed E-state index contributed by atoms with van der Waals surface area (Å²) in [6, 6.07) is 7.52. The van der Waals surface area contributed by atoms with Crippen LogP contribution in [0.25, 0.3) is 0 Å². The maximum Gasteiger partial charge on any atom is 0.325 e. The van der Waals surface area contributed by atoms with Crippen LogP contribution in [0, 0.1) is 6.92 Å². The minimum absolute atomic E-state index is 0.00859. The van der Waals surface area contributed by atoms with Crippen molar-refractivity contribution in [2.45, 2.75) is 34.6 Å². The molecule has 0 spiro atoms. The van der Waals surface area contributed by atoms with E-state index in [0.717, 1.165) is 11.3 Å². The molecule has 0 fully saturated rings. The number of esters is 2. The summed E-state index contributed by atoms with van der Waals surface area (Å²) < 4.78 is 9.22. The van der Waals surface area contributed by atoms with Crippen molar-refractivity contribution in [3.8, 4) is 0 Å². The molecule has 0 aliphatic rings. The molecule has 0 atom stereocenters. The summed E-state index contributed by atoms with van der Waals surface area (Å²) in [6.07, 6.45) is 0. The van der Waals surface area contributed by atoms with Gasteiger partial charge in [-0.3, -0.25) is 9.59 Å². The molecule has 22 heavy (non-hydrogen) atoms. The lowest BCUT2D eigenvalue weighted by Crippen LogP contribution is -2.35. The fourth-order valence-electron chi connectivity index (χ4n) is 1.43. The van der Waals surface area contributed by atoms with Crippen LogP contribution in [0.3, 0.4) is 0 Å². The Labute approximate surface area is 134 Å². The summed E-state index contributed by atoms with van der Waals surface area (Å²) in [5.74, 6) is -0.807. The zero-order chi connectivity index (χ0) is 17.5. The second-order valence-electron chi connectivity index (χ2n) is 3.84. The van der Waals surface area contributed by atoms with Crippen LogP contribution in [0.4, 0.5) is 5.69 Å². The largest absolute Gasteiger partial charge is 0.468 e. The molecule has 0 amide bonds. The zero-order valence-electron chi connectivity index (χ0n) is 14.8. The monoisotopic (exact) mass is 311 g/mol. The second-order valence-corrected chi connectivity index (χ2v) is 3.84. The summed E-state index contributed by atoms with van der Waals surface area (Å²) >= 11 is 0. The molecule has 126 valence electrons. The Kier molecular flexibility index (Phi) is 14.1. The van der Waals surface area contributed by atoms with E-state index in [-0.39, 0.29) is 13.1 Å². The second kappa shape index (κ2) is 13.9. The van der Waals surface area contributed by atoms with E-state index in [1.807, 2.05) is 58.9 Å². The molecule has 0 radical (unpaired) electrons. The molecule has 0 saturated heterocycles. The Morgan fingerprint density at radius 3 is 1.55 bits per heavy atom. The number of anilines is 1. The van der Waals surface area contributed by atoms with Gasteiger partial charge in [0.25, 0.3) is 0 Å². The standard InChI is InChI=1S/C13H17NO4.2C2H6/c1-10-4-6-11(7-5-10)14(8-12(15)17-2)9-13(16)18-3;2*1-2/h4-7H,8-9H2,1-3H3;2*1-2H3. The maximum absolute atomic E-state index is 11.3. The van der Waals surface area contributed by atoms with E-state index in [9.17, 15) is 9.59 Å². The molecule has 0 N–H and O–H groups in total. The van der Waals surface area contributed by atoms with Gasteiger partial charge in [-0.25, -0.2) is 0 Å². The lowest BCUT2D eigenvalue weighted by atomic mass is 10.2. The molecule has 5 heteroatoms. The van der Waals surface area contributed by atoms with Gasteiger partial charge in [-0.1, -0.05) is 45.4 Å².